The molecular weight excluding hydrogens is 166 g/mol. The van der Waals surface area contributed by atoms with Gasteiger partial charge >= 0.3 is 0 Å². The number of carbonyl (C=O) groups excluding carboxylic acids is 1. The molecule has 0 bridgehead atoms. The van der Waals surface area contributed by atoms with Crippen molar-refractivity contribution in [3.8, 4) is 0 Å². The topological polar surface area (TPSA) is 52.3 Å². The van der Waals surface area contributed by atoms with Crippen molar-refractivity contribution in [3.63, 3.8) is 0 Å². The summed E-state index contributed by atoms with van der Waals surface area (Å²) in [6.45, 7) is 9.37. The summed E-state index contributed by atoms with van der Waals surface area (Å²) in [4.78, 5) is 11.0. The quantitative estimate of drug-likeness (QED) is 0.646. The van der Waals surface area contributed by atoms with Gasteiger partial charge in [-0.3, -0.25) is 4.79 Å². The Morgan fingerprint density at radius 1 is 1.31 bits per heavy atom. The van der Waals surface area contributed by atoms with Crippen LogP contribution in [0.3, 0.4) is 0 Å². The summed E-state index contributed by atoms with van der Waals surface area (Å²) in [6.07, 6.45) is 0.512. The van der Waals surface area contributed by atoms with Crippen molar-refractivity contribution < 1.29 is 9.53 Å². The van der Waals surface area contributed by atoms with Crippen LogP contribution in [0.15, 0.2) is 0 Å². The van der Waals surface area contributed by atoms with Gasteiger partial charge in [-0.1, -0.05) is 27.7 Å². The lowest BCUT2D eigenvalue weighted by atomic mass is 10.1. The lowest BCUT2D eigenvalue weighted by Crippen LogP contribution is -2.13. The lowest BCUT2D eigenvalue weighted by Gasteiger charge is -2.03. The third kappa shape index (κ3) is 11.6. The highest BCUT2D eigenvalue weighted by atomic mass is 16.5. The molecular formula is C10H23NO2. The van der Waals surface area contributed by atoms with Gasteiger partial charge in [0.1, 0.15) is 5.78 Å². The van der Waals surface area contributed by atoms with Gasteiger partial charge in [-0.2, -0.15) is 0 Å². The number of Topliss-reactive ketones (excluding diaryl/α,β-unsaturated/α-hetero) is 1. The molecule has 0 atom stereocenters. The first-order valence-electron chi connectivity index (χ1n) is 4.99. The van der Waals surface area contributed by atoms with Crippen molar-refractivity contribution in [2.24, 2.45) is 11.7 Å². The summed E-state index contributed by atoms with van der Waals surface area (Å²) in [7, 11) is 0. The van der Waals surface area contributed by atoms with Crippen LogP contribution >= 0.6 is 0 Å². The van der Waals surface area contributed by atoms with E-state index in [0.29, 0.717) is 26.2 Å². The predicted octanol–water partition coefficient (Wildman–Crippen LogP) is 1.60. The van der Waals surface area contributed by atoms with E-state index in [1.807, 2.05) is 27.7 Å². The van der Waals surface area contributed by atoms with Gasteiger partial charge in [0, 0.05) is 18.9 Å². The van der Waals surface area contributed by atoms with Gasteiger partial charge in [-0.15, -0.1) is 0 Å². The molecule has 0 aromatic carbocycles. The zero-order chi connectivity index (χ0) is 10.7. The summed E-state index contributed by atoms with van der Waals surface area (Å²) in [5.74, 6) is 0.374. The van der Waals surface area contributed by atoms with Gasteiger partial charge in [0.05, 0.1) is 13.2 Å². The number of hydrogen-bond acceptors (Lipinski definition) is 3. The van der Waals surface area contributed by atoms with Crippen LogP contribution in [-0.4, -0.2) is 25.5 Å². The Hall–Kier alpha value is -0.410. The van der Waals surface area contributed by atoms with Crippen LogP contribution in [0, 0.1) is 5.92 Å². The Labute approximate surface area is 81.6 Å². The van der Waals surface area contributed by atoms with E-state index in [1.165, 1.54) is 0 Å². The molecule has 0 saturated heterocycles. The monoisotopic (exact) mass is 189 g/mol. The lowest BCUT2D eigenvalue weighted by molar-refractivity contribution is -0.122. The standard InChI is InChI=1S/C8H17NO2.C2H6/c1-7(2)8(10)3-5-11-6-4-9;1-2/h7H,3-6,9H2,1-2H3;1-2H3. The second-order valence-electron chi connectivity index (χ2n) is 2.77. The molecule has 0 spiro atoms. The molecule has 0 aliphatic heterocycles. The van der Waals surface area contributed by atoms with Gasteiger partial charge in [0.25, 0.3) is 0 Å². The summed E-state index contributed by atoms with van der Waals surface area (Å²) < 4.78 is 5.06. The molecule has 0 fully saturated rings. The Balaban J connectivity index is 0. The molecule has 0 aliphatic carbocycles. The minimum Gasteiger partial charge on any atom is -0.380 e. The number of ketones is 1. The van der Waals surface area contributed by atoms with E-state index < -0.39 is 0 Å². The van der Waals surface area contributed by atoms with Crippen LogP contribution in [0.1, 0.15) is 34.1 Å². The Bertz CT molecular complexity index is 113. The second kappa shape index (κ2) is 11.6. The van der Waals surface area contributed by atoms with E-state index in [4.69, 9.17) is 10.5 Å². The van der Waals surface area contributed by atoms with E-state index in [9.17, 15) is 4.79 Å². The second-order valence-corrected chi connectivity index (χ2v) is 2.77. The Morgan fingerprint density at radius 2 is 1.85 bits per heavy atom. The molecule has 3 heteroatoms. The van der Waals surface area contributed by atoms with Crippen LogP contribution in [0.2, 0.25) is 0 Å². The van der Waals surface area contributed by atoms with Crippen molar-refractivity contribution in [2.45, 2.75) is 34.1 Å². The number of nitrogens with two attached hydrogens (primary N) is 1. The van der Waals surface area contributed by atoms with Crippen LogP contribution in [0.25, 0.3) is 0 Å². The maximum Gasteiger partial charge on any atom is 0.137 e. The number of hydrogen-bond donors (Lipinski definition) is 1. The average molecular weight is 189 g/mol. The van der Waals surface area contributed by atoms with Gasteiger partial charge in [-0.05, 0) is 0 Å². The summed E-state index contributed by atoms with van der Waals surface area (Å²) in [5.41, 5.74) is 5.20. The summed E-state index contributed by atoms with van der Waals surface area (Å²) >= 11 is 0. The normalized spacial score (nSPS) is 9.38. The Morgan fingerprint density at radius 3 is 2.23 bits per heavy atom. The third-order valence-corrected chi connectivity index (χ3v) is 1.40. The summed E-state index contributed by atoms with van der Waals surface area (Å²) in [5, 5.41) is 0. The van der Waals surface area contributed by atoms with Crippen molar-refractivity contribution >= 4 is 5.78 Å². The highest BCUT2D eigenvalue weighted by Crippen LogP contribution is 1.98. The molecule has 2 N–H and O–H groups in total. The highest BCUT2D eigenvalue weighted by molar-refractivity contribution is 5.80. The molecule has 0 unspecified atom stereocenters. The molecule has 0 aromatic heterocycles. The molecule has 0 saturated carbocycles. The van der Waals surface area contributed by atoms with Crippen LogP contribution < -0.4 is 5.73 Å². The van der Waals surface area contributed by atoms with Crippen LogP contribution in [-0.2, 0) is 9.53 Å². The fraction of sp³-hybridized carbons (Fsp3) is 0.900. The number of ether oxygens (including phenoxy) is 1. The van der Waals surface area contributed by atoms with E-state index in [1.54, 1.807) is 0 Å². The zero-order valence-corrected chi connectivity index (χ0v) is 9.30. The molecule has 3 nitrogen and oxygen atoms in total. The van der Waals surface area contributed by atoms with Crippen LogP contribution in [0.5, 0.6) is 0 Å². The van der Waals surface area contributed by atoms with Gasteiger partial charge in [0.2, 0.25) is 0 Å². The van der Waals surface area contributed by atoms with Gasteiger partial charge in [0.15, 0.2) is 0 Å². The maximum atomic E-state index is 11.0. The first-order valence-corrected chi connectivity index (χ1v) is 4.99. The van der Waals surface area contributed by atoms with Crippen molar-refractivity contribution in [1.29, 1.82) is 0 Å². The molecule has 0 rings (SSSR count). The molecule has 80 valence electrons. The molecule has 13 heavy (non-hydrogen) atoms. The number of carbonyl (C=O) groups is 1. The predicted molar refractivity (Wildman–Crippen MR) is 55.7 cm³/mol. The first-order chi connectivity index (χ1) is 6.18. The molecule has 0 aromatic rings. The van der Waals surface area contributed by atoms with Crippen molar-refractivity contribution in [2.75, 3.05) is 19.8 Å². The smallest absolute Gasteiger partial charge is 0.137 e. The maximum absolute atomic E-state index is 11.0. The molecule has 0 amide bonds. The molecule has 0 aliphatic rings. The van der Waals surface area contributed by atoms with E-state index >= 15 is 0 Å². The van der Waals surface area contributed by atoms with Gasteiger partial charge in [-0.25, -0.2) is 0 Å². The van der Waals surface area contributed by atoms with Crippen molar-refractivity contribution in [1.82, 2.24) is 0 Å². The molecule has 0 radical (unpaired) electrons. The van der Waals surface area contributed by atoms with Crippen LogP contribution in [0.4, 0.5) is 0 Å². The fourth-order valence-corrected chi connectivity index (χ4v) is 0.647. The number of rotatable bonds is 6. The third-order valence-electron chi connectivity index (χ3n) is 1.40. The molecule has 0 heterocycles. The van der Waals surface area contributed by atoms with E-state index in [2.05, 4.69) is 0 Å². The van der Waals surface area contributed by atoms with E-state index in [0.717, 1.165) is 0 Å². The SMILES string of the molecule is CC.CC(C)C(=O)CCOCCN. The minimum atomic E-state index is 0.122. The minimum absolute atomic E-state index is 0.122. The highest BCUT2D eigenvalue weighted by Gasteiger charge is 2.05. The van der Waals surface area contributed by atoms with E-state index in [-0.39, 0.29) is 11.7 Å². The largest absolute Gasteiger partial charge is 0.380 e. The van der Waals surface area contributed by atoms with Gasteiger partial charge < -0.3 is 10.5 Å². The Kier molecular flexibility index (Phi) is 13.4. The van der Waals surface area contributed by atoms with Crippen molar-refractivity contribution in [3.05, 3.63) is 0 Å². The summed E-state index contributed by atoms with van der Waals surface area (Å²) in [6, 6.07) is 0. The average Bonchev–Trinajstić information content (AvgIpc) is 2.15. The first kappa shape index (κ1) is 15.1. The zero-order valence-electron chi connectivity index (χ0n) is 9.30. The fourth-order valence-electron chi connectivity index (χ4n) is 0.647.